The van der Waals surface area contributed by atoms with Gasteiger partial charge in [0.25, 0.3) is 5.91 Å². The Balaban J connectivity index is 2.43. The van der Waals surface area contributed by atoms with Crippen LogP contribution in [-0.4, -0.2) is 22.9 Å². The van der Waals surface area contributed by atoms with Crippen molar-refractivity contribution in [2.75, 3.05) is 12.4 Å². The second-order valence-corrected chi connectivity index (χ2v) is 4.47. The number of amides is 1. The monoisotopic (exact) mass is 314 g/mol. The van der Waals surface area contributed by atoms with E-state index in [4.69, 9.17) is 23.2 Å². The van der Waals surface area contributed by atoms with Gasteiger partial charge in [-0.1, -0.05) is 11.6 Å². The molecule has 0 spiro atoms. The molecule has 0 aliphatic carbocycles. The largest absolute Gasteiger partial charge is 0.355 e. The fraction of sp³-hybridized carbons (Fsp3) is 0.0833. The second kappa shape index (κ2) is 6.02. The number of nitrogens with zero attached hydrogens (tertiary/aromatic N) is 2. The molecule has 1 aromatic heterocycles. The van der Waals surface area contributed by atoms with Gasteiger partial charge in [0.15, 0.2) is 5.82 Å². The van der Waals surface area contributed by atoms with Gasteiger partial charge in [-0.2, -0.15) is 4.98 Å². The minimum absolute atomic E-state index is 0.000467. The molecule has 1 heterocycles. The summed E-state index contributed by atoms with van der Waals surface area (Å²) in [6, 6.07) is 3.73. The molecule has 0 bridgehead atoms. The molecule has 5 nitrogen and oxygen atoms in total. The van der Waals surface area contributed by atoms with E-state index >= 15 is 0 Å². The zero-order valence-electron chi connectivity index (χ0n) is 10.2. The predicted molar refractivity (Wildman–Crippen MR) is 75.1 cm³/mol. The molecule has 2 N–H and O–H groups in total. The SMILES string of the molecule is CNC(=O)c1cc(F)ccc1Nc1nc(Cl)ncc1Cl. The number of carbonyl (C=O) groups is 1. The van der Waals surface area contributed by atoms with Crippen molar-refractivity contribution in [3.63, 3.8) is 0 Å². The van der Waals surface area contributed by atoms with Gasteiger partial charge in [-0.05, 0) is 29.8 Å². The molecule has 0 saturated carbocycles. The Morgan fingerprint density at radius 1 is 1.35 bits per heavy atom. The van der Waals surface area contributed by atoms with E-state index in [0.717, 1.165) is 6.07 Å². The molecule has 0 atom stereocenters. The van der Waals surface area contributed by atoms with Crippen LogP contribution in [0.15, 0.2) is 24.4 Å². The van der Waals surface area contributed by atoms with Crippen LogP contribution in [0.4, 0.5) is 15.9 Å². The molecule has 1 amide bonds. The third-order valence-corrected chi connectivity index (χ3v) is 2.88. The number of rotatable bonds is 3. The summed E-state index contributed by atoms with van der Waals surface area (Å²) in [7, 11) is 1.45. The fourth-order valence-corrected chi connectivity index (χ4v) is 1.78. The molecule has 8 heteroatoms. The normalized spacial score (nSPS) is 10.2. The Morgan fingerprint density at radius 3 is 2.80 bits per heavy atom. The van der Waals surface area contributed by atoms with E-state index in [-0.39, 0.29) is 21.7 Å². The summed E-state index contributed by atoms with van der Waals surface area (Å²) < 4.78 is 13.2. The van der Waals surface area contributed by atoms with Crippen molar-refractivity contribution < 1.29 is 9.18 Å². The minimum atomic E-state index is -0.527. The lowest BCUT2D eigenvalue weighted by Crippen LogP contribution is -2.19. The van der Waals surface area contributed by atoms with Crippen molar-refractivity contribution in [2.45, 2.75) is 0 Å². The second-order valence-electron chi connectivity index (χ2n) is 3.73. The van der Waals surface area contributed by atoms with E-state index in [1.807, 2.05) is 0 Å². The van der Waals surface area contributed by atoms with E-state index in [1.54, 1.807) is 0 Å². The highest BCUT2D eigenvalue weighted by Crippen LogP contribution is 2.26. The van der Waals surface area contributed by atoms with E-state index in [9.17, 15) is 9.18 Å². The smallest absolute Gasteiger partial charge is 0.253 e. The van der Waals surface area contributed by atoms with Crippen LogP contribution in [0, 0.1) is 5.82 Å². The Bertz CT molecular complexity index is 666. The van der Waals surface area contributed by atoms with Crippen molar-refractivity contribution in [3.8, 4) is 0 Å². The first-order chi connectivity index (χ1) is 9.51. The summed E-state index contributed by atoms with van der Waals surface area (Å²) in [5.41, 5.74) is 0.473. The molecule has 2 aromatic rings. The van der Waals surface area contributed by atoms with Gasteiger partial charge in [0.2, 0.25) is 5.28 Å². The summed E-state index contributed by atoms with van der Waals surface area (Å²) in [4.78, 5) is 19.3. The third kappa shape index (κ3) is 3.15. The highest BCUT2D eigenvalue weighted by Gasteiger charge is 2.13. The number of hydrogen-bond acceptors (Lipinski definition) is 4. The fourth-order valence-electron chi connectivity index (χ4n) is 1.51. The van der Waals surface area contributed by atoms with Gasteiger partial charge in [0.1, 0.15) is 10.8 Å². The molecule has 0 saturated heterocycles. The van der Waals surface area contributed by atoms with Crippen LogP contribution in [0.25, 0.3) is 0 Å². The van der Waals surface area contributed by atoms with Crippen LogP contribution in [0.1, 0.15) is 10.4 Å². The van der Waals surface area contributed by atoms with Crippen molar-refractivity contribution in [1.29, 1.82) is 0 Å². The maximum atomic E-state index is 13.2. The van der Waals surface area contributed by atoms with Crippen LogP contribution in [0.5, 0.6) is 0 Å². The van der Waals surface area contributed by atoms with Gasteiger partial charge >= 0.3 is 0 Å². The van der Waals surface area contributed by atoms with E-state index in [1.165, 1.54) is 25.4 Å². The molecule has 0 radical (unpaired) electrons. The quantitative estimate of drug-likeness (QED) is 0.855. The molecule has 2 rings (SSSR count). The molecule has 0 aliphatic rings. The van der Waals surface area contributed by atoms with Crippen molar-refractivity contribution in [2.24, 2.45) is 0 Å². The lowest BCUT2D eigenvalue weighted by molar-refractivity contribution is 0.0963. The average molecular weight is 315 g/mol. The minimum Gasteiger partial charge on any atom is -0.355 e. The molecule has 20 heavy (non-hydrogen) atoms. The predicted octanol–water partition coefficient (Wildman–Crippen LogP) is 3.03. The number of halogens is 3. The Hall–Kier alpha value is -1.92. The van der Waals surface area contributed by atoms with E-state index < -0.39 is 11.7 Å². The summed E-state index contributed by atoms with van der Waals surface area (Å²) in [5, 5.41) is 5.48. The first kappa shape index (κ1) is 14.5. The topological polar surface area (TPSA) is 66.9 Å². The number of anilines is 2. The molecular weight excluding hydrogens is 306 g/mol. The maximum Gasteiger partial charge on any atom is 0.253 e. The highest BCUT2D eigenvalue weighted by atomic mass is 35.5. The van der Waals surface area contributed by atoms with E-state index in [2.05, 4.69) is 20.6 Å². The Kier molecular flexibility index (Phi) is 4.36. The zero-order chi connectivity index (χ0) is 14.7. The molecule has 0 fully saturated rings. The van der Waals surface area contributed by atoms with Gasteiger partial charge in [-0.25, -0.2) is 9.37 Å². The van der Waals surface area contributed by atoms with Gasteiger partial charge in [0, 0.05) is 7.05 Å². The summed E-state index contributed by atoms with van der Waals surface area (Å²) in [6.07, 6.45) is 1.32. The number of aromatic nitrogens is 2. The van der Waals surface area contributed by atoms with Crippen molar-refractivity contribution in [3.05, 3.63) is 46.1 Å². The summed E-state index contributed by atoms with van der Waals surface area (Å²) in [6.45, 7) is 0. The van der Waals surface area contributed by atoms with Gasteiger partial charge in [0.05, 0.1) is 17.4 Å². The lowest BCUT2D eigenvalue weighted by Gasteiger charge is -2.11. The van der Waals surface area contributed by atoms with Gasteiger partial charge in [-0.15, -0.1) is 0 Å². The Labute approximate surface area is 124 Å². The van der Waals surface area contributed by atoms with Crippen LogP contribution in [0.3, 0.4) is 0 Å². The zero-order valence-corrected chi connectivity index (χ0v) is 11.8. The molecular formula is C12H9Cl2FN4O. The first-order valence-corrected chi connectivity index (χ1v) is 6.23. The number of nitrogens with one attached hydrogen (secondary N) is 2. The standard InChI is InChI=1S/C12H9Cl2FN4O/c1-16-11(20)7-4-6(15)2-3-9(7)18-10-8(13)5-17-12(14)19-10/h2-5H,1H3,(H,16,20)(H,17,18,19). The molecule has 0 unspecified atom stereocenters. The van der Waals surface area contributed by atoms with E-state index in [0.29, 0.717) is 5.69 Å². The van der Waals surface area contributed by atoms with Crippen molar-refractivity contribution >= 4 is 40.6 Å². The Morgan fingerprint density at radius 2 is 2.10 bits per heavy atom. The summed E-state index contributed by atoms with van der Waals surface area (Å²) >= 11 is 11.6. The molecule has 1 aromatic carbocycles. The number of carbonyl (C=O) groups excluding carboxylic acids is 1. The molecule has 104 valence electrons. The van der Waals surface area contributed by atoms with Crippen LogP contribution >= 0.6 is 23.2 Å². The first-order valence-electron chi connectivity index (χ1n) is 5.48. The highest BCUT2D eigenvalue weighted by molar-refractivity contribution is 6.33. The van der Waals surface area contributed by atoms with Crippen LogP contribution in [0.2, 0.25) is 10.3 Å². The number of hydrogen-bond donors (Lipinski definition) is 2. The van der Waals surface area contributed by atoms with Crippen LogP contribution in [-0.2, 0) is 0 Å². The average Bonchev–Trinajstić information content (AvgIpc) is 2.43. The summed E-state index contributed by atoms with van der Waals surface area (Å²) in [5.74, 6) is -0.743. The van der Waals surface area contributed by atoms with Crippen molar-refractivity contribution in [1.82, 2.24) is 15.3 Å². The van der Waals surface area contributed by atoms with Gasteiger partial charge < -0.3 is 10.6 Å². The number of benzene rings is 1. The molecule has 0 aliphatic heterocycles. The maximum absolute atomic E-state index is 13.2. The van der Waals surface area contributed by atoms with Gasteiger partial charge in [-0.3, -0.25) is 4.79 Å². The van der Waals surface area contributed by atoms with Crippen LogP contribution < -0.4 is 10.6 Å². The lowest BCUT2D eigenvalue weighted by atomic mass is 10.1. The third-order valence-electron chi connectivity index (χ3n) is 2.42.